The molecule has 104 valence electrons. The third kappa shape index (κ3) is 2.95. The Labute approximate surface area is 118 Å². The van der Waals surface area contributed by atoms with Crippen LogP contribution in [0.3, 0.4) is 0 Å². The summed E-state index contributed by atoms with van der Waals surface area (Å²) in [6.07, 6.45) is 2.21. The van der Waals surface area contributed by atoms with E-state index in [1.54, 1.807) is 12.1 Å². The second-order valence-electron chi connectivity index (χ2n) is 5.07. The van der Waals surface area contributed by atoms with Crippen LogP contribution >= 0.6 is 11.6 Å². The van der Waals surface area contributed by atoms with Crippen LogP contribution in [0.2, 0.25) is 5.02 Å². The highest BCUT2D eigenvalue weighted by molar-refractivity contribution is 6.33. The molecule has 1 heterocycles. The molecule has 5 heteroatoms. The number of likely N-dealkylation sites (tertiary alicyclic amines) is 1. The lowest BCUT2D eigenvalue weighted by atomic mass is 9.99. The summed E-state index contributed by atoms with van der Waals surface area (Å²) in [5.41, 5.74) is 6.63. The van der Waals surface area contributed by atoms with E-state index in [2.05, 4.69) is 6.92 Å². The first-order chi connectivity index (χ1) is 9.02. The van der Waals surface area contributed by atoms with E-state index in [0.717, 1.165) is 19.5 Å². The maximum atomic E-state index is 12.5. The molecule has 1 aliphatic rings. The Morgan fingerprint density at radius 2 is 2.26 bits per heavy atom. The first-order valence-electron chi connectivity index (χ1n) is 6.45. The third-order valence-corrected chi connectivity index (χ3v) is 3.82. The molecule has 0 saturated carbocycles. The summed E-state index contributed by atoms with van der Waals surface area (Å²) < 4.78 is 5.23. The number of nitrogens with zero attached hydrogens (tertiary/aromatic N) is 1. The molecule has 0 spiro atoms. The van der Waals surface area contributed by atoms with Crippen molar-refractivity contribution in [2.75, 3.05) is 25.9 Å². The molecule has 2 rings (SSSR count). The van der Waals surface area contributed by atoms with E-state index in [1.807, 2.05) is 4.90 Å². The summed E-state index contributed by atoms with van der Waals surface area (Å²) in [5, 5.41) is 0.384. The monoisotopic (exact) mass is 282 g/mol. The summed E-state index contributed by atoms with van der Waals surface area (Å²) in [4.78, 5) is 14.4. The number of benzene rings is 1. The van der Waals surface area contributed by atoms with Gasteiger partial charge in [-0.25, -0.2) is 0 Å². The van der Waals surface area contributed by atoms with Gasteiger partial charge in [0, 0.05) is 19.2 Å². The lowest BCUT2D eigenvalue weighted by Crippen LogP contribution is -2.39. The van der Waals surface area contributed by atoms with Crippen LogP contribution in [-0.2, 0) is 0 Å². The molecule has 1 aromatic carbocycles. The van der Waals surface area contributed by atoms with Gasteiger partial charge in [-0.15, -0.1) is 0 Å². The van der Waals surface area contributed by atoms with Gasteiger partial charge < -0.3 is 15.4 Å². The van der Waals surface area contributed by atoms with Crippen LogP contribution in [0.15, 0.2) is 12.1 Å². The van der Waals surface area contributed by atoms with E-state index in [-0.39, 0.29) is 5.91 Å². The number of carbonyl (C=O) groups is 1. The van der Waals surface area contributed by atoms with Gasteiger partial charge in [0.1, 0.15) is 5.75 Å². The number of carbonyl (C=O) groups excluding carboxylic acids is 1. The van der Waals surface area contributed by atoms with Crippen molar-refractivity contribution in [2.24, 2.45) is 5.92 Å². The zero-order chi connectivity index (χ0) is 14.0. The summed E-state index contributed by atoms with van der Waals surface area (Å²) in [5.74, 6) is 0.975. The maximum absolute atomic E-state index is 12.5. The van der Waals surface area contributed by atoms with Crippen LogP contribution in [-0.4, -0.2) is 31.0 Å². The highest BCUT2D eigenvalue weighted by Crippen LogP contribution is 2.30. The van der Waals surface area contributed by atoms with Gasteiger partial charge in [-0.05, 0) is 24.8 Å². The zero-order valence-corrected chi connectivity index (χ0v) is 12.0. The fraction of sp³-hybridized carbons (Fsp3) is 0.500. The molecule has 0 aliphatic carbocycles. The zero-order valence-electron chi connectivity index (χ0n) is 11.3. The normalized spacial score (nSPS) is 19.3. The molecule has 0 bridgehead atoms. The minimum Gasteiger partial charge on any atom is -0.496 e. The van der Waals surface area contributed by atoms with Crippen LogP contribution in [0.4, 0.5) is 5.69 Å². The quantitative estimate of drug-likeness (QED) is 0.849. The summed E-state index contributed by atoms with van der Waals surface area (Å²) in [7, 11) is 1.53. The Morgan fingerprint density at radius 1 is 1.53 bits per heavy atom. The van der Waals surface area contributed by atoms with E-state index >= 15 is 0 Å². The lowest BCUT2D eigenvalue weighted by Gasteiger charge is -2.31. The Morgan fingerprint density at radius 3 is 2.89 bits per heavy atom. The first-order valence-corrected chi connectivity index (χ1v) is 6.83. The molecule has 1 amide bonds. The molecular weight excluding hydrogens is 264 g/mol. The summed E-state index contributed by atoms with van der Waals surface area (Å²) >= 11 is 6.00. The van der Waals surface area contributed by atoms with Crippen molar-refractivity contribution in [1.29, 1.82) is 0 Å². The SMILES string of the molecule is COc1cc(N)c(Cl)cc1C(=O)N1CCCC(C)C1. The highest BCUT2D eigenvalue weighted by Gasteiger charge is 2.25. The number of ether oxygens (including phenoxy) is 1. The summed E-state index contributed by atoms with van der Waals surface area (Å²) in [6.45, 7) is 3.73. The number of halogens is 1. The van der Waals surface area contributed by atoms with Crippen LogP contribution in [0, 0.1) is 5.92 Å². The molecule has 1 saturated heterocycles. The van der Waals surface area contributed by atoms with E-state index in [9.17, 15) is 4.79 Å². The molecule has 1 aromatic rings. The summed E-state index contributed by atoms with van der Waals surface area (Å²) in [6, 6.07) is 3.19. The van der Waals surface area contributed by atoms with Gasteiger partial charge in [-0.3, -0.25) is 4.79 Å². The number of hydrogen-bond acceptors (Lipinski definition) is 3. The molecule has 0 aromatic heterocycles. The maximum Gasteiger partial charge on any atom is 0.257 e. The van der Waals surface area contributed by atoms with E-state index in [1.165, 1.54) is 13.5 Å². The van der Waals surface area contributed by atoms with Gasteiger partial charge >= 0.3 is 0 Å². The Bertz CT molecular complexity index is 491. The van der Waals surface area contributed by atoms with Crippen molar-refractivity contribution in [3.63, 3.8) is 0 Å². The van der Waals surface area contributed by atoms with Gasteiger partial charge in [0.15, 0.2) is 0 Å². The molecule has 1 unspecified atom stereocenters. The van der Waals surface area contributed by atoms with Crippen LogP contribution in [0.1, 0.15) is 30.1 Å². The second kappa shape index (κ2) is 5.70. The highest BCUT2D eigenvalue weighted by atomic mass is 35.5. The van der Waals surface area contributed by atoms with Gasteiger partial charge in [-0.2, -0.15) is 0 Å². The number of methoxy groups -OCH3 is 1. The number of hydrogen-bond donors (Lipinski definition) is 1. The van der Waals surface area contributed by atoms with Crippen molar-refractivity contribution >= 4 is 23.2 Å². The predicted octanol–water partition coefficient (Wildman–Crippen LogP) is 2.80. The van der Waals surface area contributed by atoms with Crippen LogP contribution < -0.4 is 10.5 Å². The van der Waals surface area contributed by atoms with Crippen molar-refractivity contribution in [3.8, 4) is 5.75 Å². The average Bonchev–Trinajstić information content (AvgIpc) is 2.40. The molecule has 2 N–H and O–H groups in total. The molecule has 1 aliphatic heterocycles. The topological polar surface area (TPSA) is 55.6 Å². The minimum absolute atomic E-state index is 0.0368. The second-order valence-corrected chi connectivity index (χ2v) is 5.48. The number of anilines is 1. The molecule has 1 fully saturated rings. The van der Waals surface area contributed by atoms with Crippen molar-refractivity contribution in [2.45, 2.75) is 19.8 Å². The molecular formula is C14H19ClN2O2. The van der Waals surface area contributed by atoms with Gasteiger partial charge in [-0.1, -0.05) is 18.5 Å². The Balaban J connectivity index is 2.30. The first kappa shape index (κ1) is 14.0. The van der Waals surface area contributed by atoms with E-state index < -0.39 is 0 Å². The fourth-order valence-corrected chi connectivity index (χ4v) is 2.61. The molecule has 4 nitrogen and oxygen atoms in total. The number of amides is 1. The van der Waals surface area contributed by atoms with Gasteiger partial charge in [0.25, 0.3) is 5.91 Å². The molecule has 19 heavy (non-hydrogen) atoms. The van der Waals surface area contributed by atoms with Gasteiger partial charge in [0.2, 0.25) is 0 Å². The fourth-order valence-electron chi connectivity index (χ4n) is 2.45. The lowest BCUT2D eigenvalue weighted by molar-refractivity contribution is 0.0679. The molecule has 0 radical (unpaired) electrons. The van der Waals surface area contributed by atoms with E-state index in [4.69, 9.17) is 22.1 Å². The number of piperidine rings is 1. The Hall–Kier alpha value is -1.42. The van der Waals surface area contributed by atoms with Crippen LogP contribution in [0.5, 0.6) is 5.75 Å². The molecule has 1 atom stereocenters. The van der Waals surface area contributed by atoms with Gasteiger partial charge in [0.05, 0.1) is 23.4 Å². The number of nitrogens with two attached hydrogens (primary N) is 1. The number of rotatable bonds is 2. The standard InChI is InChI=1S/C14H19ClN2O2/c1-9-4-3-5-17(8-9)14(18)10-6-11(15)12(16)7-13(10)19-2/h6-7,9H,3-5,8,16H2,1-2H3. The van der Waals surface area contributed by atoms with Crippen molar-refractivity contribution in [3.05, 3.63) is 22.7 Å². The smallest absolute Gasteiger partial charge is 0.257 e. The Kier molecular flexibility index (Phi) is 4.20. The third-order valence-electron chi connectivity index (χ3n) is 3.49. The van der Waals surface area contributed by atoms with Crippen molar-refractivity contribution < 1.29 is 9.53 Å². The van der Waals surface area contributed by atoms with Crippen molar-refractivity contribution in [1.82, 2.24) is 4.90 Å². The number of nitrogen functional groups attached to an aromatic ring is 1. The largest absolute Gasteiger partial charge is 0.496 e. The van der Waals surface area contributed by atoms with Crippen LogP contribution in [0.25, 0.3) is 0 Å². The van der Waals surface area contributed by atoms with E-state index in [0.29, 0.717) is 27.9 Å². The predicted molar refractivity (Wildman–Crippen MR) is 76.7 cm³/mol. The minimum atomic E-state index is -0.0368. The average molecular weight is 283 g/mol.